The zero-order chi connectivity index (χ0) is 30.6. The van der Waals surface area contributed by atoms with E-state index >= 15 is 0 Å². The summed E-state index contributed by atoms with van der Waals surface area (Å²) >= 11 is 6.58. The maximum absolute atomic E-state index is 13.5. The van der Waals surface area contributed by atoms with Crippen LogP contribution in [-0.4, -0.2) is 43.2 Å². The van der Waals surface area contributed by atoms with Gasteiger partial charge in [0.15, 0.2) is 0 Å². The number of hydrogen-bond donors (Lipinski definition) is 2. The predicted octanol–water partition coefficient (Wildman–Crippen LogP) is 5.62. The van der Waals surface area contributed by atoms with Crippen LogP contribution in [-0.2, 0) is 23.0 Å². The Labute approximate surface area is 249 Å². The number of aryl methyl sites for hydroxylation is 1. The fraction of sp³-hybridized carbons (Fsp3) is 0.323. The number of nitrogens with zero attached hydrogens (tertiary/aromatic N) is 4. The van der Waals surface area contributed by atoms with Gasteiger partial charge in [0.1, 0.15) is 17.3 Å². The molecule has 0 saturated heterocycles. The SMILES string of the molecule is CC(C)n1cc(-c2ccc(Cl)c(CC(NC(=O)OC(C)(C)C)C(=O)Nc3ccc(-c4cn(C)nn4)cc3)c2)ccc1=O. The number of halogens is 1. The molecule has 220 valence electrons. The van der Waals surface area contributed by atoms with Crippen molar-refractivity contribution in [3.05, 3.63) is 87.9 Å². The van der Waals surface area contributed by atoms with E-state index < -0.39 is 23.6 Å². The van der Waals surface area contributed by atoms with Crippen molar-refractivity contribution >= 4 is 29.3 Å². The van der Waals surface area contributed by atoms with Crippen molar-refractivity contribution in [3.8, 4) is 22.4 Å². The number of rotatable bonds is 8. The van der Waals surface area contributed by atoms with E-state index in [1.165, 1.54) is 6.07 Å². The normalized spacial score (nSPS) is 12.2. The second kappa shape index (κ2) is 12.6. The Balaban J connectivity index is 1.60. The first-order valence-corrected chi connectivity index (χ1v) is 13.9. The van der Waals surface area contributed by atoms with E-state index in [1.807, 2.05) is 38.1 Å². The molecule has 11 heteroatoms. The molecule has 2 amide bonds. The van der Waals surface area contributed by atoms with Crippen molar-refractivity contribution in [2.75, 3.05) is 5.32 Å². The number of aromatic nitrogens is 4. The molecule has 2 heterocycles. The summed E-state index contributed by atoms with van der Waals surface area (Å²) in [5.74, 6) is -0.442. The highest BCUT2D eigenvalue weighted by atomic mass is 35.5. The van der Waals surface area contributed by atoms with E-state index in [9.17, 15) is 14.4 Å². The maximum Gasteiger partial charge on any atom is 0.408 e. The van der Waals surface area contributed by atoms with E-state index in [-0.39, 0.29) is 18.0 Å². The van der Waals surface area contributed by atoms with E-state index in [0.717, 1.165) is 16.7 Å². The molecule has 0 spiro atoms. The summed E-state index contributed by atoms with van der Waals surface area (Å²) in [5.41, 5.74) is 3.54. The van der Waals surface area contributed by atoms with Crippen molar-refractivity contribution in [2.45, 2.75) is 58.7 Å². The van der Waals surface area contributed by atoms with Crippen LogP contribution in [0.2, 0.25) is 5.02 Å². The van der Waals surface area contributed by atoms with Gasteiger partial charge in [-0.3, -0.25) is 14.3 Å². The Hall–Kier alpha value is -4.44. The molecule has 42 heavy (non-hydrogen) atoms. The molecule has 1 unspecified atom stereocenters. The van der Waals surface area contributed by atoms with Crippen LogP contribution in [0, 0.1) is 0 Å². The van der Waals surface area contributed by atoms with Gasteiger partial charge in [0.25, 0.3) is 5.56 Å². The van der Waals surface area contributed by atoms with E-state index in [1.54, 1.807) is 73.7 Å². The van der Waals surface area contributed by atoms with Gasteiger partial charge >= 0.3 is 6.09 Å². The number of pyridine rings is 1. The van der Waals surface area contributed by atoms with Gasteiger partial charge in [0, 0.05) is 48.0 Å². The van der Waals surface area contributed by atoms with Gasteiger partial charge in [-0.25, -0.2) is 4.79 Å². The van der Waals surface area contributed by atoms with Crippen molar-refractivity contribution < 1.29 is 14.3 Å². The largest absolute Gasteiger partial charge is 0.444 e. The fourth-order valence-electron chi connectivity index (χ4n) is 4.30. The summed E-state index contributed by atoms with van der Waals surface area (Å²) in [6.45, 7) is 9.12. The van der Waals surface area contributed by atoms with Crippen molar-refractivity contribution in [1.29, 1.82) is 0 Å². The van der Waals surface area contributed by atoms with Crippen molar-refractivity contribution in [2.24, 2.45) is 7.05 Å². The molecular formula is C31H35ClN6O4. The van der Waals surface area contributed by atoms with Crippen LogP contribution in [0.25, 0.3) is 22.4 Å². The Morgan fingerprint density at radius 2 is 1.64 bits per heavy atom. The molecule has 4 rings (SSSR count). The number of hydrogen-bond acceptors (Lipinski definition) is 6. The lowest BCUT2D eigenvalue weighted by Gasteiger charge is -2.24. The minimum Gasteiger partial charge on any atom is -0.444 e. The van der Waals surface area contributed by atoms with Gasteiger partial charge in [-0.15, -0.1) is 5.10 Å². The number of alkyl carbamates (subject to hydrolysis) is 1. The van der Waals surface area contributed by atoms with Crippen LogP contribution in [0.1, 0.15) is 46.2 Å². The summed E-state index contributed by atoms with van der Waals surface area (Å²) in [4.78, 5) is 38.5. The first kappa shape index (κ1) is 30.5. The molecule has 0 bridgehead atoms. The Bertz CT molecular complexity index is 1640. The summed E-state index contributed by atoms with van der Waals surface area (Å²) in [5, 5.41) is 14.1. The fourth-order valence-corrected chi connectivity index (χ4v) is 4.50. The number of carbonyl (C=O) groups is 2. The van der Waals surface area contributed by atoms with Gasteiger partial charge in [-0.2, -0.15) is 0 Å². The van der Waals surface area contributed by atoms with Crippen LogP contribution >= 0.6 is 11.6 Å². The molecule has 2 aromatic carbocycles. The number of amides is 2. The summed E-state index contributed by atoms with van der Waals surface area (Å²) in [7, 11) is 1.79. The Morgan fingerprint density at radius 1 is 0.976 bits per heavy atom. The van der Waals surface area contributed by atoms with Gasteiger partial charge in [-0.05, 0) is 81.6 Å². The zero-order valence-corrected chi connectivity index (χ0v) is 25.3. The van der Waals surface area contributed by atoms with Gasteiger partial charge in [-0.1, -0.05) is 35.0 Å². The summed E-state index contributed by atoms with van der Waals surface area (Å²) in [6.07, 6.45) is 2.97. The lowest BCUT2D eigenvalue weighted by atomic mass is 9.99. The third-order valence-corrected chi connectivity index (χ3v) is 6.72. The quantitative estimate of drug-likeness (QED) is 0.275. The van der Waals surface area contributed by atoms with Crippen LogP contribution < -0.4 is 16.2 Å². The van der Waals surface area contributed by atoms with E-state index in [0.29, 0.717) is 22.0 Å². The average Bonchev–Trinajstić information content (AvgIpc) is 3.35. The number of anilines is 1. The lowest BCUT2D eigenvalue weighted by Crippen LogP contribution is -2.47. The first-order chi connectivity index (χ1) is 19.8. The highest BCUT2D eigenvalue weighted by molar-refractivity contribution is 6.31. The molecular weight excluding hydrogens is 556 g/mol. The average molecular weight is 591 g/mol. The first-order valence-electron chi connectivity index (χ1n) is 13.6. The highest BCUT2D eigenvalue weighted by Gasteiger charge is 2.26. The smallest absolute Gasteiger partial charge is 0.408 e. The summed E-state index contributed by atoms with van der Waals surface area (Å²) < 4.78 is 8.70. The van der Waals surface area contributed by atoms with Gasteiger partial charge in [0.2, 0.25) is 5.91 Å². The maximum atomic E-state index is 13.5. The van der Waals surface area contributed by atoms with Crippen molar-refractivity contribution in [3.63, 3.8) is 0 Å². The summed E-state index contributed by atoms with van der Waals surface area (Å²) in [6, 6.07) is 14.9. The molecule has 0 aliphatic heterocycles. The molecule has 0 fully saturated rings. The van der Waals surface area contributed by atoms with Crippen molar-refractivity contribution in [1.82, 2.24) is 24.9 Å². The molecule has 1 atom stereocenters. The Kier molecular flexibility index (Phi) is 9.16. The van der Waals surface area contributed by atoms with Crippen LogP contribution in [0.4, 0.5) is 10.5 Å². The van der Waals surface area contributed by atoms with E-state index in [2.05, 4.69) is 20.9 Å². The third kappa shape index (κ3) is 7.85. The molecule has 2 aromatic heterocycles. The minimum atomic E-state index is -1.00. The minimum absolute atomic E-state index is 0.00925. The molecule has 10 nitrogen and oxygen atoms in total. The van der Waals surface area contributed by atoms with Crippen LogP contribution in [0.3, 0.4) is 0 Å². The van der Waals surface area contributed by atoms with Gasteiger partial charge < -0.3 is 19.9 Å². The molecule has 0 aliphatic rings. The second-order valence-corrected chi connectivity index (χ2v) is 11.7. The van der Waals surface area contributed by atoms with E-state index in [4.69, 9.17) is 16.3 Å². The second-order valence-electron chi connectivity index (χ2n) is 11.3. The molecule has 0 radical (unpaired) electrons. The number of ether oxygens (including phenoxy) is 1. The monoisotopic (exact) mass is 590 g/mol. The topological polar surface area (TPSA) is 120 Å². The standard InChI is InChI=1S/C31H35ClN6O4/c1-19(2)38-17-22(10-14-28(38)39)21-9-13-25(32)23(15-21)16-26(34-30(41)42-31(3,4)5)29(40)33-24-11-7-20(8-12-24)27-18-37(6)36-35-27/h7-15,17-19,26H,16H2,1-6H3,(H,33,40)(H,34,41). The van der Waals surface area contributed by atoms with Crippen LogP contribution in [0.15, 0.2) is 71.8 Å². The third-order valence-electron chi connectivity index (χ3n) is 6.36. The number of benzene rings is 2. The predicted molar refractivity (Wildman–Crippen MR) is 163 cm³/mol. The highest BCUT2D eigenvalue weighted by Crippen LogP contribution is 2.27. The molecule has 0 saturated carbocycles. The zero-order valence-electron chi connectivity index (χ0n) is 24.5. The Morgan fingerprint density at radius 3 is 2.26 bits per heavy atom. The molecule has 2 N–H and O–H groups in total. The van der Waals surface area contributed by atoms with Crippen LogP contribution in [0.5, 0.6) is 0 Å². The molecule has 4 aromatic rings. The van der Waals surface area contributed by atoms with Gasteiger partial charge in [0.05, 0.1) is 6.20 Å². The lowest BCUT2D eigenvalue weighted by molar-refractivity contribution is -0.118. The molecule has 0 aliphatic carbocycles. The number of nitrogens with one attached hydrogen (secondary N) is 2. The number of carbonyl (C=O) groups excluding carboxylic acids is 2.